The van der Waals surface area contributed by atoms with E-state index in [4.69, 9.17) is 0 Å². The molecule has 0 spiro atoms. The van der Waals surface area contributed by atoms with Gasteiger partial charge in [-0.1, -0.05) is 6.92 Å². The lowest BCUT2D eigenvalue weighted by molar-refractivity contribution is -0.163. The summed E-state index contributed by atoms with van der Waals surface area (Å²) in [7, 11) is 2.17. The molecule has 0 aromatic rings. The Morgan fingerprint density at radius 1 is 1.10 bits per heavy atom. The summed E-state index contributed by atoms with van der Waals surface area (Å²) in [5.74, 6) is -6.13. The van der Waals surface area contributed by atoms with Gasteiger partial charge in [-0.25, -0.2) is 4.79 Å². The first-order valence-corrected chi connectivity index (χ1v) is 6.52. The molecule has 21 heavy (non-hydrogen) atoms. The third-order valence-corrected chi connectivity index (χ3v) is 3.47. The lowest BCUT2D eigenvalue weighted by atomic mass is 9.87. The van der Waals surface area contributed by atoms with Crippen LogP contribution in [0.25, 0.3) is 0 Å². The number of carbonyl (C=O) groups is 4. The SMILES string of the molecule is COC(=O)C(C(=O)OC)[C@H](C)[C@H](NC(=O)C1CC1)C(=O)O. The zero-order valence-electron chi connectivity index (χ0n) is 12.1. The molecule has 2 atom stereocenters. The number of carboxylic acid groups (broad SMARTS) is 1. The minimum absolute atomic E-state index is 0.186. The van der Waals surface area contributed by atoms with Crippen LogP contribution in [0.15, 0.2) is 0 Å². The van der Waals surface area contributed by atoms with Gasteiger partial charge in [-0.3, -0.25) is 14.4 Å². The van der Waals surface area contributed by atoms with E-state index in [1.807, 2.05) is 0 Å². The van der Waals surface area contributed by atoms with Crippen LogP contribution in [0.3, 0.4) is 0 Å². The minimum atomic E-state index is -1.42. The van der Waals surface area contributed by atoms with Gasteiger partial charge in [-0.15, -0.1) is 0 Å². The smallest absolute Gasteiger partial charge is 0.326 e. The van der Waals surface area contributed by atoms with Crippen molar-refractivity contribution in [2.75, 3.05) is 14.2 Å². The average Bonchev–Trinajstić information content (AvgIpc) is 3.27. The Morgan fingerprint density at radius 2 is 1.57 bits per heavy atom. The van der Waals surface area contributed by atoms with Crippen LogP contribution in [0, 0.1) is 17.8 Å². The highest BCUT2D eigenvalue weighted by Gasteiger charge is 2.43. The van der Waals surface area contributed by atoms with Gasteiger partial charge in [0.25, 0.3) is 0 Å². The summed E-state index contributed by atoms with van der Waals surface area (Å²) in [6.45, 7) is 1.38. The molecule has 0 aromatic carbocycles. The standard InChI is InChI=1S/C13H19NO7/c1-6(8(12(18)20-2)13(19)21-3)9(11(16)17)14-10(15)7-4-5-7/h6-9H,4-5H2,1-3H3,(H,14,15)(H,16,17)/t6-,9-/m0/s1. The van der Waals surface area contributed by atoms with Gasteiger partial charge in [0.15, 0.2) is 5.92 Å². The number of hydrogen-bond acceptors (Lipinski definition) is 6. The molecular weight excluding hydrogens is 282 g/mol. The maximum Gasteiger partial charge on any atom is 0.326 e. The van der Waals surface area contributed by atoms with Crippen LogP contribution in [0.1, 0.15) is 19.8 Å². The molecule has 1 saturated carbocycles. The molecule has 2 N–H and O–H groups in total. The Labute approximate surface area is 121 Å². The summed E-state index contributed by atoms with van der Waals surface area (Å²) in [6, 6.07) is -1.37. The third-order valence-electron chi connectivity index (χ3n) is 3.47. The van der Waals surface area contributed by atoms with E-state index in [0.717, 1.165) is 14.2 Å². The van der Waals surface area contributed by atoms with Gasteiger partial charge in [-0.05, 0) is 12.8 Å². The fourth-order valence-electron chi connectivity index (χ4n) is 2.01. The second-order valence-electron chi connectivity index (χ2n) is 4.98. The van der Waals surface area contributed by atoms with Crippen LogP contribution in [0.4, 0.5) is 0 Å². The van der Waals surface area contributed by atoms with Crippen molar-refractivity contribution < 1.29 is 33.8 Å². The van der Waals surface area contributed by atoms with Crippen molar-refractivity contribution in [3.63, 3.8) is 0 Å². The predicted octanol–water partition coefficient (Wildman–Crippen LogP) is -0.436. The molecule has 8 heteroatoms. The number of carboxylic acids is 1. The van der Waals surface area contributed by atoms with E-state index in [0.29, 0.717) is 12.8 Å². The van der Waals surface area contributed by atoms with Gasteiger partial charge in [0.05, 0.1) is 14.2 Å². The molecule has 1 fully saturated rings. The number of carbonyl (C=O) groups excluding carboxylic acids is 3. The van der Waals surface area contributed by atoms with Crippen molar-refractivity contribution in [1.82, 2.24) is 5.32 Å². The van der Waals surface area contributed by atoms with Crippen molar-refractivity contribution in [3.8, 4) is 0 Å². The highest BCUT2D eigenvalue weighted by atomic mass is 16.5. The normalized spacial score (nSPS) is 16.8. The third kappa shape index (κ3) is 4.17. The van der Waals surface area contributed by atoms with Crippen molar-refractivity contribution in [2.24, 2.45) is 17.8 Å². The maximum atomic E-state index is 11.7. The monoisotopic (exact) mass is 301 g/mol. The Morgan fingerprint density at radius 3 is 1.90 bits per heavy atom. The molecule has 1 aliphatic carbocycles. The van der Waals surface area contributed by atoms with Crippen LogP contribution in [0.2, 0.25) is 0 Å². The molecule has 1 amide bonds. The summed E-state index contributed by atoms with van der Waals surface area (Å²) in [4.78, 5) is 46.4. The number of aliphatic carboxylic acids is 1. The van der Waals surface area contributed by atoms with E-state index >= 15 is 0 Å². The molecule has 0 unspecified atom stereocenters. The average molecular weight is 301 g/mol. The molecule has 0 bridgehead atoms. The van der Waals surface area contributed by atoms with Gasteiger partial charge in [0, 0.05) is 11.8 Å². The van der Waals surface area contributed by atoms with Gasteiger partial charge in [0.2, 0.25) is 5.91 Å². The van der Waals surface area contributed by atoms with Crippen LogP contribution >= 0.6 is 0 Å². The topological polar surface area (TPSA) is 119 Å². The van der Waals surface area contributed by atoms with Gasteiger partial charge in [-0.2, -0.15) is 0 Å². The minimum Gasteiger partial charge on any atom is -0.480 e. The Hall–Kier alpha value is -2.12. The van der Waals surface area contributed by atoms with Crippen LogP contribution in [-0.4, -0.2) is 49.2 Å². The number of esters is 2. The number of rotatable bonds is 7. The van der Waals surface area contributed by atoms with E-state index in [-0.39, 0.29) is 11.8 Å². The number of methoxy groups -OCH3 is 2. The molecule has 8 nitrogen and oxygen atoms in total. The quantitative estimate of drug-likeness (QED) is 0.483. The predicted molar refractivity (Wildman–Crippen MR) is 69.0 cm³/mol. The Balaban J connectivity index is 2.91. The van der Waals surface area contributed by atoms with Crippen molar-refractivity contribution in [2.45, 2.75) is 25.8 Å². The molecule has 0 radical (unpaired) electrons. The first-order valence-electron chi connectivity index (χ1n) is 6.52. The summed E-state index contributed by atoms with van der Waals surface area (Å²) in [5, 5.41) is 11.6. The van der Waals surface area contributed by atoms with Crippen LogP contribution in [0.5, 0.6) is 0 Å². The van der Waals surface area contributed by atoms with E-state index in [1.165, 1.54) is 6.92 Å². The highest BCUT2D eigenvalue weighted by Crippen LogP contribution is 2.29. The number of ether oxygens (including phenoxy) is 2. The largest absolute Gasteiger partial charge is 0.480 e. The summed E-state index contributed by atoms with van der Waals surface area (Å²) < 4.78 is 9.01. The summed E-state index contributed by atoms with van der Waals surface area (Å²) in [6.07, 6.45) is 1.42. The molecule has 0 aromatic heterocycles. The molecule has 0 saturated heterocycles. The molecule has 0 aliphatic heterocycles. The Kier molecular flexibility index (Phi) is 5.69. The van der Waals surface area contributed by atoms with E-state index in [1.54, 1.807) is 0 Å². The highest BCUT2D eigenvalue weighted by molar-refractivity contribution is 5.96. The molecule has 0 heterocycles. The first kappa shape index (κ1) is 16.9. The molecule has 118 valence electrons. The molecule has 1 aliphatic rings. The van der Waals surface area contributed by atoms with Crippen LogP contribution in [-0.2, 0) is 28.7 Å². The number of amides is 1. The van der Waals surface area contributed by atoms with E-state index in [2.05, 4.69) is 14.8 Å². The van der Waals surface area contributed by atoms with E-state index < -0.39 is 35.8 Å². The first-order chi connectivity index (χ1) is 9.83. The second kappa shape index (κ2) is 7.05. The maximum absolute atomic E-state index is 11.7. The molecular formula is C13H19NO7. The summed E-state index contributed by atoms with van der Waals surface area (Å²) >= 11 is 0. The lowest BCUT2D eigenvalue weighted by Crippen LogP contribution is -2.50. The number of hydrogen-bond donors (Lipinski definition) is 2. The fourth-order valence-corrected chi connectivity index (χ4v) is 2.01. The van der Waals surface area contributed by atoms with E-state index in [9.17, 15) is 24.3 Å². The van der Waals surface area contributed by atoms with Crippen molar-refractivity contribution >= 4 is 23.8 Å². The zero-order chi connectivity index (χ0) is 16.2. The van der Waals surface area contributed by atoms with Gasteiger partial charge >= 0.3 is 17.9 Å². The lowest BCUT2D eigenvalue weighted by Gasteiger charge is -2.26. The summed E-state index contributed by atoms with van der Waals surface area (Å²) in [5.41, 5.74) is 0. The van der Waals surface area contributed by atoms with Crippen molar-refractivity contribution in [1.29, 1.82) is 0 Å². The van der Waals surface area contributed by atoms with Crippen LogP contribution < -0.4 is 5.32 Å². The van der Waals surface area contributed by atoms with Crippen molar-refractivity contribution in [3.05, 3.63) is 0 Å². The van der Waals surface area contributed by atoms with Gasteiger partial charge in [0.1, 0.15) is 6.04 Å². The zero-order valence-corrected chi connectivity index (χ0v) is 12.1. The Bertz CT molecular complexity index is 428. The number of nitrogens with one attached hydrogen (secondary N) is 1. The fraction of sp³-hybridized carbons (Fsp3) is 0.692. The van der Waals surface area contributed by atoms with Gasteiger partial charge < -0.3 is 19.9 Å². The molecule has 1 rings (SSSR count). The second-order valence-corrected chi connectivity index (χ2v) is 4.98.